The minimum Gasteiger partial charge on any atom is -0.497 e. The highest BCUT2D eigenvalue weighted by molar-refractivity contribution is 8.13. The Morgan fingerprint density at radius 3 is 1.91 bits per heavy atom. The van der Waals surface area contributed by atoms with Crippen molar-refractivity contribution in [2.75, 3.05) is 41.0 Å². The number of hydrogen-bond acceptors (Lipinski definition) is 17. The minimum atomic E-state index is -1.94. The first-order valence-corrected chi connectivity index (χ1v) is 25.9. The lowest BCUT2D eigenvalue weighted by Gasteiger charge is -2.39. The monoisotopic (exact) mass is 1060 g/mol. The maximum absolute atomic E-state index is 14.6. The summed E-state index contributed by atoms with van der Waals surface area (Å²) in [6.07, 6.45) is -3.10. The lowest BCUT2D eigenvalue weighted by atomic mass is 9.80. The number of hydrogen-bond donors (Lipinski definition) is 0. The number of thioether (sulfide) groups is 1. The van der Waals surface area contributed by atoms with Crippen molar-refractivity contribution in [3.05, 3.63) is 156 Å². The van der Waals surface area contributed by atoms with Gasteiger partial charge < -0.3 is 42.2 Å². The van der Waals surface area contributed by atoms with Crippen LogP contribution in [0.25, 0.3) is 0 Å². The number of nitrogens with zero attached hydrogens (tertiary/aromatic N) is 4. The van der Waals surface area contributed by atoms with E-state index in [0.29, 0.717) is 16.1 Å². The Morgan fingerprint density at radius 1 is 0.838 bits per heavy atom. The third kappa shape index (κ3) is 12.9. The zero-order chi connectivity index (χ0) is 54.1. The number of nitro benzene ring substituents is 1. The number of benzene rings is 4. The molecule has 0 amide bonds. The van der Waals surface area contributed by atoms with E-state index in [2.05, 4.69) is 4.67 Å². The van der Waals surface area contributed by atoms with Gasteiger partial charge in [-0.1, -0.05) is 87.1 Å². The summed E-state index contributed by atoms with van der Waals surface area (Å²) in [7, 11) is 3.88. The van der Waals surface area contributed by atoms with Gasteiger partial charge in [0.1, 0.15) is 42.0 Å². The average molecular weight is 1060 g/mol. The Morgan fingerprint density at radius 2 is 1.39 bits per heavy atom. The molecule has 6 rings (SSSR count). The maximum Gasteiger partial charge on any atom is 0.425 e. The van der Waals surface area contributed by atoms with Gasteiger partial charge in [0.25, 0.3) is 19.8 Å². The van der Waals surface area contributed by atoms with Crippen molar-refractivity contribution < 1.29 is 56.7 Å². The predicted octanol–water partition coefficient (Wildman–Crippen LogP) is 9.75. The molecule has 1 aliphatic heterocycles. The number of carbonyl (C=O) groups excluding carboxylic acids is 2. The Hall–Kier alpha value is -6.12. The largest absolute Gasteiger partial charge is 0.497 e. The zero-order valence-corrected chi connectivity index (χ0v) is 45.4. The molecule has 21 heteroatoms. The van der Waals surface area contributed by atoms with Crippen LogP contribution >= 0.6 is 20.3 Å². The van der Waals surface area contributed by atoms with Crippen LogP contribution in [0, 0.1) is 22.5 Å². The van der Waals surface area contributed by atoms with Gasteiger partial charge in [-0.3, -0.25) is 24.3 Å². The zero-order valence-electron chi connectivity index (χ0n) is 43.7. The number of nitro groups is 1. The van der Waals surface area contributed by atoms with Gasteiger partial charge in [-0.25, -0.2) is 14.3 Å². The highest BCUT2D eigenvalue weighted by atomic mass is 32.2. The van der Waals surface area contributed by atoms with Crippen LogP contribution < -0.4 is 30.2 Å². The van der Waals surface area contributed by atoms with E-state index in [9.17, 15) is 29.3 Å². The summed E-state index contributed by atoms with van der Waals surface area (Å²) in [5.74, 6) is 1.43. The molecule has 1 aromatic heterocycles. The molecule has 0 spiro atoms. The van der Waals surface area contributed by atoms with Crippen LogP contribution in [-0.2, 0) is 40.3 Å². The van der Waals surface area contributed by atoms with Crippen LogP contribution in [0.5, 0.6) is 23.0 Å². The summed E-state index contributed by atoms with van der Waals surface area (Å²) in [5.41, 5.74) is -2.29. The van der Waals surface area contributed by atoms with Gasteiger partial charge in [-0.15, -0.1) is 0 Å². The Bertz CT molecular complexity index is 2800. The Kier molecular flexibility index (Phi) is 19.3. The molecular formula is C53H65N4O15PS. The summed E-state index contributed by atoms with van der Waals surface area (Å²) in [6.45, 7) is 14.1. The Labute approximate surface area is 436 Å². The molecule has 19 nitrogen and oxygen atoms in total. The van der Waals surface area contributed by atoms with Crippen molar-refractivity contribution in [1.82, 2.24) is 13.8 Å². The van der Waals surface area contributed by atoms with Gasteiger partial charge in [0.2, 0.25) is 0 Å². The number of aryl methyl sites for hydroxylation is 1. The fourth-order valence-electron chi connectivity index (χ4n) is 8.46. The first kappa shape index (κ1) is 57.2. The molecule has 4 aromatic carbocycles. The van der Waals surface area contributed by atoms with Crippen LogP contribution in [0.15, 0.2) is 107 Å². The lowest BCUT2D eigenvalue weighted by molar-refractivity contribution is -0.385. The molecule has 1 fully saturated rings. The highest BCUT2D eigenvalue weighted by Gasteiger charge is 2.46. The number of rotatable bonds is 22. The lowest BCUT2D eigenvalue weighted by Crippen LogP contribution is -2.45. The fourth-order valence-corrected chi connectivity index (χ4v) is 11.1. The van der Waals surface area contributed by atoms with Gasteiger partial charge in [0.15, 0.2) is 16.6 Å². The third-order valence-electron chi connectivity index (χ3n) is 12.2. The van der Waals surface area contributed by atoms with Crippen molar-refractivity contribution in [2.24, 2.45) is 5.41 Å². The molecule has 0 N–H and O–H groups in total. The average Bonchev–Trinajstić information content (AvgIpc) is 3.78. The smallest absolute Gasteiger partial charge is 0.425 e. The summed E-state index contributed by atoms with van der Waals surface area (Å²) >= 11 is 1.05. The number of methoxy groups -OCH3 is 4. The molecule has 0 saturated carbocycles. The number of aromatic nitrogens is 2. The van der Waals surface area contributed by atoms with Crippen LogP contribution in [0.2, 0.25) is 0 Å². The van der Waals surface area contributed by atoms with Crippen LogP contribution in [-0.4, -0.2) is 95.2 Å². The first-order valence-electron chi connectivity index (χ1n) is 23.8. The van der Waals surface area contributed by atoms with E-state index in [4.69, 9.17) is 42.2 Å². The molecule has 0 aliphatic carbocycles. The van der Waals surface area contributed by atoms with E-state index in [0.717, 1.165) is 39.1 Å². The topological polar surface area (TPSA) is 208 Å². The van der Waals surface area contributed by atoms with Crippen molar-refractivity contribution in [3.63, 3.8) is 0 Å². The van der Waals surface area contributed by atoms with Crippen molar-refractivity contribution >= 4 is 37.2 Å². The van der Waals surface area contributed by atoms with Crippen molar-refractivity contribution in [1.29, 1.82) is 0 Å². The maximum atomic E-state index is 14.6. The van der Waals surface area contributed by atoms with Crippen molar-refractivity contribution in [2.45, 2.75) is 105 Å². The van der Waals surface area contributed by atoms with E-state index < -0.39 is 72.5 Å². The molecule has 1 aliphatic rings. The van der Waals surface area contributed by atoms with Gasteiger partial charge in [0, 0.05) is 35.7 Å². The van der Waals surface area contributed by atoms with Crippen LogP contribution in [0.1, 0.15) is 88.9 Å². The van der Waals surface area contributed by atoms with Crippen LogP contribution in [0.3, 0.4) is 0 Å². The molecule has 5 aromatic rings. The normalized spacial score (nSPS) is 16.3. The Balaban J connectivity index is 1.44. The van der Waals surface area contributed by atoms with Gasteiger partial charge >= 0.3 is 11.8 Å². The summed E-state index contributed by atoms with van der Waals surface area (Å²) in [6, 6.07) is 26.9. The van der Waals surface area contributed by atoms with Crippen molar-refractivity contribution in [3.8, 4) is 23.0 Å². The molecule has 0 bridgehead atoms. The second kappa shape index (κ2) is 24.9. The predicted molar refractivity (Wildman–Crippen MR) is 280 cm³/mol. The quantitative estimate of drug-likeness (QED) is 0.0208. The standard InChI is InChI=1S/C53H65N4O15PS/c1-33(2)56(34(3)4)73(70-32-74-49(59)52(6,7)8)72-45-28-47(54-29-35(5)48(58)55(50(54)60)51(61)68-30-36-26-43(66-11)44(67-12)27-42(36)57(62)63)71-46(45)31-69-53(37-16-14-13-15-17-37,38-18-22-40(64-9)23-19-38)39-20-24-41(65-10)25-21-39/h13-27,29,33-34,45-47H,28,30-32H2,1-12H3/t45-,46+,47+,73?/m0/s1. The highest BCUT2D eigenvalue weighted by Crippen LogP contribution is 2.51. The number of carbonyl (C=O) groups is 2. The summed E-state index contributed by atoms with van der Waals surface area (Å²) < 4.78 is 58.3. The van der Waals surface area contributed by atoms with E-state index in [1.54, 1.807) is 14.2 Å². The number of ether oxygens (including phenoxy) is 7. The molecule has 398 valence electrons. The molecule has 1 unspecified atom stereocenters. The molecule has 4 atom stereocenters. The van der Waals surface area contributed by atoms with Crippen LogP contribution in [0.4, 0.5) is 10.5 Å². The second-order valence-electron chi connectivity index (χ2n) is 18.8. The van der Waals surface area contributed by atoms with E-state index >= 15 is 0 Å². The second-order valence-corrected chi connectivity index (χ2v) is 21.1. The minimum absolute atomic E-state index is 0.0117. The molecule has 74 heavy (non-hydrogen) atoms. The summed E-state index contributed by atoms with van der Waals surface area (Å²) in [5, 5.41) is 12.0. The molecule has 1 saturated heterocycles. The third-order valence-corrected chi connectivity index (χ3v) is 15.6. The summed E-state index contributed by atoms with van der Waals surface area (Å²) in [4.78, 5) is 66.6. The fraction of sp³-hybridized carbons (Fsp3) is 0.434. The van der Waals surface area contributed by atoms with E-state index in [-0.39, 0.29) is 58.8 Å². The molecule has 0 radical (unpaired) electrons. The van der Waals surface area contributed by atoms with Gasteiger partial charge in [-0.05, 0) is 81.6 Å². The van der Waals surface area contributed by atoms with Gasteiger partial charge in [0.05, 0.1) is 57.7 Å². The van der Waals surface area contributed by atoms with E-state index in [1.165, 1.54) is 33.4 Å². The molecule has 2 heterocycles. The molecular weight excluding hydrogens is 996 g/mol. The SMILES string of the molecule is COc1ccc(C(OC[C@H]2O[C@@H](n3cc(C)c(=O)n(C(=O)OCc4cc(OC)c(OC)cc4[N+](=O)[O-])c3=O)C[C@@H]2OP(OCSC(=O)C(C)(C)C)N(C(C)C)C(C)C)(c2ccccc2)c2ccc(OC)cc2)cc1. The first-order chi connectivity index (χ1) is 35.2. The van der Waals surface area contributed by atoms with E-state index in [1.807, 2.05) is 127 Å². The van der Waals surface area contributed by atoms with Gasteiger partial charge in [-0.2, -0.15) is 4.57 Å².